The van der Waals surface area contributed by atoms with Crippen molar-refractivity contribution in [1.82, 2.24) is 4.98 Å². The second-order valence-corrected chi connectivity index (χ2v) is 10.0. The van der Waals surface area contributed by atoms with Gasteiger partial charge in [-0.15, -0.1) is 0 Å². The van der Waals surface area contributed by atoms with E-state index in [0.29, 0.717) is 22.7 Å². The Morgan fingerprint density at radius 1 is 1.08 bits per heavy atom. The number of methoxy groups -OCH3 is 1. The van der Waals surface area contributed by atoms with Gasteiger partial charge in [0.25, 0.3) is 0 Å². The molecule has 1 aromatic heterocycles. The molecule has 1 fully saturated rings. The third kappa shape index (κ3) is 4.82. The Hall–Kier alpha value is -4.67. The van der Waals surface area contributed by atoms with E-state index in [1.54, 1.807) is 0 Å². The lowest BCUT2D eigenvalue weighted by Gasteiger charge is -2.17. The minimum absolute atomic E-state index is 0.0658. The lowest BCUT2D eigenvalue weighted by molar-refractivity contribution is -0.121. The zero-order valence-electron chi connectivity index (χ0n) is 20.9. The number of benzene rings is 2. The Morgan fingerprint density at radius 3 is 2.26 bits per heavy atom. The van der Waals surface area contributed by atoms with E-state index >= 15 is 0 Å². The van der Waals surface area contributed by atoms with E-state index in [9.17, 15) is 24.9 Å². The first-order chi connectivity index (χ1) is 18.2. The summed E-state index contributed by atoms with van der Waals surface area (Å²) < 4.78 is 4.68. The molecule has 2 amide bonds. The summed E-state index contributed by atoms with van der Waals surface area (Å²) >= 11 is 0.965. The summed E-state index contributed by atoms with van der Waals surface area (Å²) in [6.07, 6.45) is -0.118. The number of hydrogen-bond acceptors (Lipinski definition) is 9. The predicted molar refractivity (Wildman–Crippen MR) is 142 cm³/mol. The van der Waals surface area contributed by atoms with Gasteiger partial charge in [0.1, 0.15) is 28.5 Å². The highest BCUT2D eigenvalue weighted by molar-refractivity contribution is 8.00. The molecule has 1 unspecified atom stereocenters. The lowest BCUT2D eigenvalue weighted by atomic mass is 9.94. The van der Waals surface area contributed by atoms with Crippen LogP contribution in [0, 0.1) is 22.7 Å². The van der Waals surface area contributed by atoms with Crippen molar-refractivity contribution in [2.45, 2.75) is 36.5 Å². The molecule has 0 saturated carbocycles. The first-order valence-electron chi connectivity index (χ1n) is 11.7. The van der Waals surface area contributed by atoms with E-state index in [1.807, 2.05) is 30.3 Å². The molecule has 190 valence electrons. The number of nitrogens with two attached hydrogens (primary N) is 1. The van der Waals surface area contributed by atoms with Gasteiger partial charge in [-0.2, -0.15) is 10.5 Å². The topological polar surface area (TPSA) is 150 Å². The van der Waals surface area contributed by atoms with Crippen LogP contribution in [0.3, 0.4) is 0 Å². The lowest BCUT2D eigenvalue weighted by Crippen LogP contribution is -2.31. The van der Waals surface area contributed by atoms with E-state index in [0.717, 1.165) is 22.2 Å². The fraction of sp³-hybridized carbons (Fsp3) is 0.214. The van der Waals surface area contributed by atoms with Crippen molar-refractivity contribution >= 4 is 41.1 Å². The number of rotatable bonds is 6. The first kappa shape index (κ1) is 26.4. The summed E-state index contributed by atoms with van der Waals surface area (Å²) in [6.45, 7) is 4.12. The van der Waals surface area contributed by atoms with Crippen molar-refractivity contribution in [1.29, 1.82) is 10.5 Å². The summed E-state index contributed by atoms with van der Waals surface area (Å²) in [4.78, 5) is 43.1. The van der Waals surface area contributed by atoms with Gasteiger partial charge < -0.3 is 10.5 Å². The second-order valence-electron chi connectivity index (χ2n) is 8.84. The Morgan fingerprint density at radius 2 is 1.71 bits per heavy atom. The minimum Gasteiger partial charge on any atom is -0.465 e. The largest absolute Gasteiger partial charge is 0.465 e. The van der Waals surface area contributed by atoms with Crippen LogP contribution in [0.4, 0.5) is 11.5 Å². The van der Waals surface area contributed by atoms with Crippen LogP contribution < -0.4 is 10.6 Å². The maximum atomic E-state index is 13.3. The number of nitriles is 2. The third-order valence-electron chi connectivity index (χ3n) is 6.19. The molecular weight excluding hydrogens is 502 g/mol. The van der Waals surface area contributed by atoms with Crippen LogP contribution in [0.15, 0.2) is 53.6 Å². The van der Waals surface area contributed by atoms with Gasteiger partial charge in [-0.05, 0) is 41.3 Å². The molecular formula is C28H23N5O4S. The first-order valence-corrected chi connectivity index (χ1v) is 12.5. The maximum Gasteiger partial charge on any atom is 0.337 e. The number of anilines is 2. The number of thioether (sulfide) groups is 1. The SMILES string of the molecule is COC(=O)c1ccc(N2C(=O)CC(Sc3nc(N)c(C#N)c(-c4ccc(C(C)C)cc4)c3C#N)C2=O)cc1. The maximum absolute atomic E-state index is 13.3. The monoisotopic (exact) mass is 525 g/mol. The van der Waals surface area contributed by atoms with Gasteiger partial charge in [-0.1, -0.05) is 49.9 Å². The molecule has 0 aliphatic carbocycles. The summed E-state index contributed by atoms with van der Waals surface area (Å²) in [5, 5.41) is 19.2. The molecule has 9 nitrogen and oxygen atoms in total. The number of amides is 2. The Kier molecular flexibility index (Phi) is 7.47. The minimum atomic E-state index is -0.856. The average Bonchev–Trinajstić information content (AvgIpc) is 3.20. The number of nitrogens with zero attached hydrogens (tertiary/aromatic N) is 4. The van der Waals surface area contributed by atoms with E-state index in [-0.39, 0.29) is 34.0 Å². The number of ether oxygens (including phenoxy) is 1. The molecule has 10 heteroatoms. The molecule has 0 spiro atoms. The fourth-order valence-electron chi connectivity index (χ4n) is 4.17. The fourth-order valence-corrected chi connectivity index (χ4v) is 5.29. The summed E-state index contributed by atoms with van der Waals surface area (Å²) in [5.41, 5.74) is 8.96. The molecule has 2 heterocycles. The van der Waals surface area contributed by atoms with Crippen LogP contribution in [0.25, 0.3) is 11.1 Å². The number of hydrogen-bond donors (Lipinski definition) is 1. The zero-order chi connectivity index (χ0) is 27.6. The van der Waals surface area contributed by atoms with Crippen LogP contribution in [-0.2, 0) is 14.3 Å². The van der Waals surface area contributed by atoms with Gasteiger partial charge in [0, 0.05) is 12.0 Å². The number of imide groups is 1. The van der Waals surface area contributed by atoms with Crippen molar-refractivity contribution in [2.24, 2.45) is 0 Å². The average molecular weight is 526 g/mol. The second kappa shape index (κ2) is 10.8. The van der Waals surface area contributed by atoms with Crippen LogP contribution in [0.5, 0.6) is 0 Å². The van der Waals surface area contributed by atoms with Gasteiger partial charge >= 0.3 is 5.97 Å². The molecule has 1 aliphatic rings. The van der Waals surface area contributed by atoms with Crippen LogP contribution in [0.1, 0.15) is 53.2 Å². The predicted octanol–water partition coefficient (Wildman–Crippen LogP) is 4.41. The number of aromatic nitrogens is 1. The molecule has 1 saturated heterocycles. The van der Waals surface area contributed by atoms with Crippen molar-refractivity contribution in [3.63, 3.8) is 0 Å². The molecule has 3 aromatic rings. The van der Waals surface area contributed by atoms with Crippen molar-refractivity contribution in [2.75, 3.05) is 17.7 Å². The Bertz CT molecular complexity index is 1520. The molecule has 1 atom stereocenters. The summed E-state index contributed by atoms with van der Waals surface area (Å²) in [6, 6.07) is 17.6. The normalized spacial score (nSPS) is 14.9. The smallest absolute Gasteiger partial charge is 0.337 e. The van der Waals surface area contributed by atoms with Crippen LogP contribution in [-0.4, -0.2) is 35.1 Å². The number of carbonyl (C=O) groups excluding carboxylic acids is 3. The number of esters is 1. The number of pyridine rings is 1. The number of carbonyl (C=O) groups is 3. The molecule has 2 aromatic carbocycles. The molecule has 0 radical (unpaired) electrons. The molecule has 1 aliphatic heterocycles. The molecule has 38 heavy (non-hydrogen) atoms. The van der Waals surface area contributed by atoms with E-state index in [4.69, 9.17) is 5.73 Å². The van der Waals surface area contributed by atoms with Gasteiger partial charge in [-0.25, -0.2) is 14.7 Å². The van der Waals surface area contributed by atoms with Crippen molar-refractivity contribution in [3.05, 3.63) is 70.8 Å². The highest BCUT2D eigenvalue weighted by atomic mass is 32.2. The quantitative estimate of drug-likeness (QED) is 0.364. The van der Waals surface area contributed by atoms with E-state index in [2.05, 4.69) is 29.6 Å². The third-order valence-corrected chi connectivity index (χ3v) is 7.36. The highest BCUT2D eigenvalue weighted by Gasteiger charge is 2.41. The van der Waals surface area contributed by atoms with E-state index in [1.165, 1.54) is 31.4 Å². The zero-order valence-corrected chi connectivity index (χ0v) is 21.7. The Balaban J connectivity index is 1.69. The van der Waals surface area contributed by atoms with Crippen LogP contribution >= 0.6 is 11.8 Å². The molecule has 0 bridgehead atoms. The van der Waals surface area contributed by atoms with Gasteiger partial charge in [0.2, 0.25) is 11.8 Å². The van der Waals surface area contributed by atoms with Crippen LogP contribution in [0.2, 0.25) is 0 Å². The molecule has 4 rings (SSSR count). The molecule has 2 N–H and O–H groups in total. The highest BCUT2D eigenvalue weighted by Crippen LogP contribution is 2.40. The van der Waals surface area contributed by atoms with Crippen molar-refractivity contribution in [3.8, 4) is 23.3 Å². The standard InChI is InChI=1S/C28H23N5O4S/c1-15(2)16-4-6-17(7-5-16)24-20(13-29)25(31)32-26(21(24)14-30)38-22-12-23(34)33(27(22)35)19-10-8-18(9-11-19)28(36)37-3/h4-11,15,22H,12H2,1-3H3,(H2,31,32). The van der Waals surface area contributed by atoms with Crippen molar-refractivity contribution < 1.29 is 19.1 Å². The van der Waals surface area contributed by atoms with Gasteiger partial charge in [-0.3, -0.25) is 9.59 Å². The summed E-state index contributed by atoms with van der Waals surface area (Å²) in [7, 11) is 1.26. The summed E-state index contributed by atoms with van der Waals surface area (Å²) in [5.74, 6) is -1.21. The van der Waals surface area contributed by atoms with E-state index < -0.39 is 23.0 Å². The Labute approximate surface area is 223 Å². The number of nitrogen functional groups attached to an aromatic ring is 1. The van der Waals surface area contributed by atoms with Gasteiger partial charge in [0.05, 0.1) is 29.2 Å². The van der Waals surface area contributed by atoms with Gasteiger partial charge in [0.15, 0.2) is 0 Å².